The minimum Gasteiger partial charge on any atom is -0.399 e. The molecule has 5 nitrogen and oxygen atoms in total. The fourth-order valence-electron chi connectivity index (χ4n) is 1.28. The van der Waals surface area contributed by atoms with Crippen LogP contribution in [0.25, 0.3) is 0 Å². The number of hydrogen-bond acceptors (Lipinski definition) is 5. The van der Waals surface area contributed by atoms with Crippen molar-refractivity contribution in [3.8, 4) is 0 Å². The van der Waals surface area contributed by atoms with Crippen molar-refractivity contribution < 1.29 is 14.9 Å². The van der Waals surface area contributed by atoms with Gasteiger partial charge in [-0.3, -0.25) is 0 Å². The van der Waals surface area contributed by atoms with Gasteiger partial charge < -0.3 is 26.0 Å². The molecule has 1 atom stereocenters. The Balaban J connectivity index is 2.02. The van der Waals surface area contributed by atoms with E-state index < -0.39 is 6.10 Å². The third-order valence-corrected chi connectivity index (χ3v) is 2.23. The summed E-state index contributed by atoms with van der Waals surface area (Å²) in [6.45, 7) is 1.26. The lowest BCUT2D eigenvalue weighted by Crippen LogP contribution is -2.20. The third kappa shape index (κ3) is 6.11. The van der Waals surface area contributed by atoms with E-state index in [1.165, 1.54) is 0 Å². The molecule has 1 unspecified atom stereocenters. The molecular weight excluding hydrogens is 220 g/mol. The Hall–Kier alpha value is -1.30. The molecule has 1 aromatic rings. The van der Waals surface area contributed by atoms with Gasteiger partial charge in [-0.25, -0.2) is 0 Å². The smallest absolute Gasteiger partial charge is 0.100 e. The maximum atomic E-state index is 9.02. The first kappa shape index (κ1) is 13.8. The summed E-state index contributed by atoms with van der Waals surface area (Å²) in [5.74, 6) is 0. The third-order valence-electron chi connectivity index (χ3n) is 2.23. The van der Waals surface area contributed by atoms with Crippen molar-refractivity contribution in [2.24, 2.45) is 0 Å². The Morgan fingerprint density at radius 3 is 2.65 bits per heavy atom. The van der Waals surface area contributed by atoms with Crippen LogP contribution in [-0.4, -0.2) is 42.7 Å². The van der Waals surface area contributed by atoms with Crippen LogP contribution >= 0.6 is 0 Å². The molecule has 0 aliphatic rings. The zero-order valence-electron chi connectivity index (χ0n) is 9.80. The molecule has 5 N–H and O–H groups in total. The van der Waals surface area contributed by atoms with Gasteiger partial charge in [0, 0.05) is 24.5 Å². The summed E-state index contributed by atoms with van der Waals surface area (Å²) in [4.78, 5) is 0. The molecule has 0 saturated heterocycles. The summed E-state index contributed by atoms with van der Waals surface area (Å²) >= 11 is 0. The van der Waals surface area contributed by atoms with Crippen molar-refractivity contribution in [3.63, 3.8) is 0 Å². The van der Waals surface area contributed by atoms with Crippen LogP contribution in [0.3, 0.4) is 0 Å². The van der Waals surface area contributed by atoms with Crippen molar-refractivity contribution in [2.75, 3.05) is 37.4 Å². The van der Waals surface area contributed by atoms with Crippen molar-refractivity contribution in [1.82, 2.24) is 0 Å². The van der Waals surface area contributed by atoms with Crippen LogP contribution in [0.2, 0.25) is 0 Å². The monoisotopic (exact) mass is 240 g/mol. The number of rotatable bonds is 8. The Labute approximate surface area is 101 Å². The van der Waals surface area contributed by atoms with Crippen LogP contribution in [-0.2, 0) is 4.74 Å². The standard InChI is InChI=1S/C12H20N2O3/c13-10-2-4-11(5-3-10)14-6-1-7-17-9-12(16)8-15/h2-5,12,14-16H,1,6-9,13H2. The molecule has 1 aromatic carbocycles. The number of aliphatic hydroxyl groups is 2. The lowest BCUT2D eigenvalue weighted by molar-refractivity contribution is 0.00629. The first-order chi connectivity index (χ1) is 8.22. The van der Waals surface area contributed by atoms with Gasteiger partial charge in [0.25, 0.3) is 0 Å². The van der Waals surface area contributed by atoms with E-state index in [1.807, 2.05) is 24.3 Å². The number of nitrogen functional groups attached to an aromatic ring is 1. The Kier molecular flexibility index (Phi) is 6.39. The predicted octanol–water partition coefficient (Wildman–Crippen LogP) is 0.441. The zero-order chi connectivity index (χ0) is 12.5. The van der Waals surface area contributed by atoms with Gasteiger partial charge >= 0.3 is 0 Å². The van der Waals surface area contributed by atoms with Gasteiger partial charge in [0.15, 0.2) is 0 Å². The Bertz CT molecular complexity index is 303. The van der Waals surface area contributed by atoms with Crippen molar-refractivity contribution in [3.05, 3.63) is 24.3 Å². The van der Waals surface area contributed by atoms with E-state index in [9.17, 15) is 0 Å². The molecule has 96 valence electrons. The van der Waals surface area contributed by atoms with E-state index in [1.54, 1.807) is 0 Å². The Morgan fingerprint density at radius 1 is 1.29 bits per heavy atom. The second kappa shape index (κ2) is 7.89. The average Bonchev–Trinajstić information content (AvgIpc) is 2.35. The number of aliphatic hydroxyl groups excluding tert-OH is 2. The van der Waals surface area contributed by atoms with E-state index >= 15 is 0 Å². The van der Waals surface area contributed by atoms with Gasteiger partial charge in [0.2, 0.25) is 0 Å². The molecule has 0 bridgehead atoms. The van der Waals surface area contributed by atoms with Gasteiger partial charge in [-0.1, -0.05) is 0 Å². The molecular formula is C12H20N2O3. The number of nitrogens with two attached hydrogens (primary N) is 1. The van der Waals surface area contributed by atoms with Gasteiger partial charge in [0.05, 0.1) is 13.2 Å². The van der Waals surface area contributed by atoms with Crippen LogP contribution in [0.5, 0.6) is 0 Å². The fraction of sp³-hybridized carbons (Fsp3) is 0.500. The number of anilines is 2. The van der Waals surface area contributed by atoms with Crippen molar-refractivity contribution in [1.29, 1.82) is 0 Å². The highest BCUT2D eigenvalue weighted by Crippen LogP contribution is 2.09. The van der Waals surface area contributed by atoms with Crippen LogP contribution in [0.1, 0.15) is 6.42 Å². The first-order valence-electron chi connectivity index (χ1n) is 5.68. The minimum atomic E-state index is -0.778. The summed E-state index contributed by atoms with van der Waals surface area (Å²) < 4.78 is 5.17. The molecule has 0 aliphatic heterocycles. The average molecular weight is 240 g/mol. The largest absolute Gasteiger partial charge is 0.399 e. The Morgan fingerprint density at radius 2 is 2.00 bits per heavy atom. The molecule has 1 rings (SSSR count). The zero-order valence-corrected chi connectivity index (χ0v) is 9.80. The molecule has 17 heavy (non-hydrogen) atoms. The highest BCUT2D eigenvalue weighted by atomic mass is 16.5. The molecule has 0 spiro atoms. The number of ether oxygens (including phenoxy) is 1. The number of nitrogens with one attached hydrogen (secondary N) is 1. The lowest BCUT2D eigenvalue weighted by Gasteiger charge is -2.09. The number of benzene rings is 1. The first-order valence-corrected chi connectivity index (χ1v) is 5.68. The molecule has 0 fully saturated rings. The summed E-state index contributed by atoms with van der Waals surface area (Å²) in [5, 5.41) is 20.8. The van der Waals surface area contributed by atoms with Gasteiger partial charge in [-0.2, -0.15) is 0 Å². The summed E-state index contributed by atoms with van der Waals surface area (Å²) in [5.41, 5.74) is 7.34. The van der Waals surface area contributed by atoms with Gasteiger partial charge in [-0.15, -0.1) is 0 Å². The SMILES string of the molecule is Nc1ccc(NCCCOCC(O)CO)cc1. The normalized spacial score (nSPS) is 12.4. The highest BCUT2D eigenvalue weighted by Gasteiger charge is 2.00. The summed E-state index contributed by atoms with van der Waals surface area (Å²) in [6.07, 6.45) is 0.0581. The molecule has 0 amide bonds. The maximum Gasteiger partial charge on any atom is 0.100 e. The van der Waals surface area contributed by atoms with E-state index in [4.69, 9.17) is 20.7 Å². The summed E-state index contributed by atoms with van der Waals surface area (Å²) in [7, 11) is 0. The van der Waals surface area contributed by atoms with E-state index in [-0.39, 0.29) is 13.2 Å². The topological polar surface area (TPSA) is 87.7 Å². The van der Waals surface area contributed by atoms with Crippen LogP contribution in [0.4, 0.5) is 11.4 Å². The second-order valence-electron chi connectivity index (χ2n) is 3.81. The molecule has 5 heteroatoms. The molecule has 0 saturated carbocycles. The molecule has 0 radical (unpaired) electrons. The van der Waals surface area contributed by atoms with Crippen LogP contribution in [0.15, 0.2) is 24.3 Å². The molecule has 0 heterocycles. The van der Waals surface area contributed by atoms with Crippen molar-refractivity contribution in [2.45, 2.75) is 12.5 Å². The fourth-order valence-corrected chi connectivity index (χ4v) is 1.28. The summed E-state index contributed by atoms with van der Waals surface area (Å²) in [6, 6.07) is 7.53. The van der Waals surface area contributed by atoms with Crippen LogP contribution in [0, 0.1) is 0 Å². The molecule has 0 aromatic heterocycles. The van der Waals surface area contributed by atoms with E-state index in [2.05, 4.69) is 5.32 Å². The van der Waals surface area contributed by atoms with E-state index in [0.717, 1.165) is 24.3 Å². The van der Waals surface area contributed by atoms with Gasteiger partial charge in [0.1, 0.15) is 6.10 Å². The van der Waals surface area contributed by atoms with Gasteiger partial charge in [-0.05, 0) is 30.7 Å². The maximum absolute atomic E-state index is 9.02. The van der Waals surface area contributed by atoms with Crippen molar-refractivity contribution >= 4 is 11.4 Å². The quantitative estimate of drug-likeness (QED) is 0.391. The van der Waals surface area contributed by atoms with Crippen LogP contribution < -0.4 is 11.1 Å². The molecule has 0 aliphatic carbocycles. The lowest BCUT2D eigenvalue weighted by atomic mass is 10.3. The predicted molar refractivity (Wildman–Crippen MR) is 67.9 cm³/mol. The minimum absolute atomic E-state index is 0.179. The second-order valence-corrected chi connectivity index (χ2v) is 3.81. The number of hydrogen-bond donors (Lipinski definition) is 4. The highest BCUT2D eigenvalue weighted by molar-refractivity contribution is 5.50. The van der Waals surface area contributed by atoms with E-state index in [0.29, 0.717) is 6.61 Å².